The van der Waals surface area contributed by atoms with E-state index in [2.05, 4.69) is 31.9 Å². The van der Waals surface area contributed by atoms with Crippen LogP contribution in [0.3, 0.4) is 0 Å². The average Bonchev–Trinajstić information content (AvgIpc) is 2.42. The van der Waals surface area contributed by atoms with Gasteiger partial charge in [-0.2, -0.15) is 0 Å². The number of anilines is 1. The Morgan fingerprint density at radius 1 is 1.20 bits per heavy atom. The van der Waals surface area contributed by atoms with E-state index in [9.17, 15) is 9.18 Å². The zero-order valence-electron chi connectivity index (χ0n) is 10.2. The molecule has 0 atom stereocenters. The van der Waals surface area contributed by atoms with E-state index >= 15 is 0 Å². The number of carbonyl (C=O) groups excluding carboxylic acids is 1. The fraction of sp³-hybridized carbons (Fsp3) is 0.0714. The molecule has 2 aromatic carbocycles. The van der Waals surface area contributed by atoms with Crippen molar-refractivity contribution in [2.24, 2.45) is 0 Å². The number of hydrogen-bond acceptors (Lipinski definition) is 3. The zero-order chi connectivity index (χ0) is 14.7. The fourth-order valence-corrected chi connectivity index (χ4v) is 2.27. The Labute approximate surface area is 132 Å². The Morgan fingerprint density at radius 3 is 2.50 bits per heavy atom. The Bertz CT molecular complexity index is 644. The first-order chi connectivity index (χ1) is 9.47. The van der Waals surface area contributed by atoms with E-state index in [1.807, 2.05) is 24.3 Å². The summed E-state index contributed by atoms with van der Waals surface area (Å²) in [7, 11) is 0. The summed E-state index contributed by atoms with van der Waals surface area (Å²) in [5.74, 6) is -1.15. The lowest BCUT2D eigenvalue weighted by molar-refractivity contribution is 0.0471. The quantitative estimate of drug-likeness (QED) is 0.615. The molecule has 0 unspecified atom stereocenters. The van der Waals surface area contributed by atoms with Gasteiger partial charge >= 0.3 is 5.97 Å². The molecule has 20 heavy (non-hydrogen) atoms. The molecule has 0 fully saturated rings. The van der Waals surface area contributed by atoms with E-state index in [0.717, 1.165) is 16.1 Å². The number of nitrogens with two attached hydrogens (primary N) is 1. The Hall–Kier alpha value is -1.40. The third kappa shape index (κ3) is 3.58. The monoisotopic (exact) mass is 401 g/mol. The first kappa shape index (κ1) is 15.0. The molecule has 0 radical (unpaired) electrons. The molecule has 0 heterocycles. The number of esters is 1. The highest BCUT2D eigenvalue weighted by Gasteiger charge is 2.14. The van der Waals surface area contributed by atoms with Crippen molar-refractivity contribution in [1.82, 2.24) is 0 Å². The minimum atomic E-state index is -0.582. The van der Waals surface area contributed by atoms with Gasteiger partial charge in [-0.05, 0) is 45.8 Å². The van der Waals surface area contributed by atoms with Gasteiger partial charge in [0.1, 0.15) is 12.4 Å². The molecule has 0 aromatic heterocycles. The molecule has 0 aliphatic carbocycles. The van der Waals surface area contributed by atoms with Crippen molar-refractivity contribution in [3.63, 3.8) is 0 Å². The standard InChI is InChI=1S/C14H10Br2FNO2/c15-9-3-1-8(2-4-9)7-20-14(19)10-5-13(18)12(17)6-11(10)16/h1-6H,7,18H2. The van der Waals surface area contributed by atoms with Gasteiger partial charge in [0.25, 0.3) is 0 Å². The normalized spacial score (nSPS) is 10.3. The van der Waals surface area contributed by atoms with Crippen LogP contribution < -0.4 is 5.73 Å². The molecule has 2 N–H and O–H groups in total. The molecular weight excluding hydrogens is 393 g/mol. The first-order valence-corrected chi connectivity index (χ1v) is 7.22. The van der Waals surface area contributed by atoms with Crippen molar-refractivity contribution >= 4 is 43.5 Å². The molecular formula is C14H10Br2FNO2. The maximum Gasteiger partial charge on any atom is 0.339 e. The van der Waals surface area contributed by atoms with E-state index in [4.69, 9.17) is 10.5 Å². The molecule has 0 bridgehead atoms. The summed E-state index contributed by atoms with van der Waals surface area (Å²) in [6, 6.07) is 9.79. The molecule has 0 amide bonds. The maximum absolute atomic E-state index is 13.2. The van der Waals surface area contributed by atoms with Crippen LogP contribution in [-0.2, 0) is 11.3 Å². The number of hydrogen-bond donors (Lipinski definition) is 1. The molecule has 0 spiro atoms. The van der Waals surface area contributed by atoms with Crippen molar-refractivity contribution < 1.29 is 13.9 Å². The van der Waals surface area contributed by atoms with E-state index < -0.39 is 11.8 Å². The third-order valence-electron chi connectivity index (χ3n) is 2.59. The Balaban J connectivity index is 2.09. The predicted octanol–water partition coefficient (Wildman–Crippen LogP) is 4.29. The van der Waals surface area contributed by atoms with Gasteiger partial charge in [-0.15, -0.1) is 0 Å². The molecule has 104 valence electrons. The smallest absolute Gasteiger partial charge is 0.339 e. The molecule has 0 aliphatic rings. The summed E-state index contributed by atoms with van der Waals surface area (Å²) < 4.78 is 19.6. The summed E-state index contributed by atoms with van der Waals surface area (Å²) >= 11 is 6.44. The lowest BCUT2D eigenvalue weighted by Gasteiger charge is -2.08. The minimum Gasteiger partial charge on any atom is -0.457 e. The molecule has 0 saturated heterocycles. The predicted molar refractivity (Wildman–Crippen MR) is 81.8 cm³/mol. The zero-order valence-corrected chi connectivity index (χ0v) is 13.4. The number of benzene rings is 2. The largest absolute Gasteiger partial charge is 0.457 e. The van der Waals surface area contributed by atoms with Crippen LogP contribution in [0.2, 0.25) is 0 Å². The maximum atomic E-state index is 13.2. The Kier molecular flexibility index (Phi) is 4.77. The summed E-state index contributed by atoms with van der Waals surface area (Å²) in [5.41, 5.74) is 6.40. The van der Waals surface area contributed by atoms with E-state index in [1.165, 1.54) is 6.07 Å². The summed E-state index contributed by atoms with van der Waals surface area (Å²) in [6.45, 7) is 0.135. The van der Waals surface area contributed by atoms with Gasteiger partial charge in [0, 0.05) is 8.95 Å². The molecule has 2 aromatic rings. The first-order valence-electron chi connectivity index (χ1n) is 5.63. The van der Waals surface area contributed by atoms with Crippen LogP contribution >= 0.6 is 31.9 Å². The highest BCUT2D eigenvalue weighted by Crippen LogP contribution is 2.24. The highest BCUT2D eigenvalue weighted by atomic mass is 79.9. The second-order valence-electron chi connectivity index (χ2n) is 4.06. The number of carbonyl (C=O) groups is 1. The topological polar surface area (TPSA) is 52.3 Å². The molecule has 3 nitrogen and oxygen atoms in total. The van der Waals surface area contributed by atoms with Crippen LogP contribution in [0, 0.1) is 5.82 Å². The molecule has 0 saturated carbocycles. The average molecular weight is 403 g/mol. The van der Waals surface area contributed by atoms with Gasteiger partial charge in [-0.25, -0.2) is 9.18 Å². The highest BCUT2D eigenvalue weighted by molar-refractivity contribution is 9.10. The number of rotatable bonds is 3. The van der Waals surface area contributed by atoms with Gasteiger partial charge in [0.2, 0.25) is 0 Å². The lowest BCUT2D eigenvalue weighted by Crippen LogP contribution is -2.07. The van der Waals surface area contributed by atoms with Crippen molar-refractivity contribution in [1.29, 1.82) is 0 Å². The number of halogens is 3. The van der Waals surface area contributed by atoms with Crippen molar-refractivity contribution in [3.8, 4) is 0 Å². The van der Waals surface area contributed by atoms with Crippen LogP contribution in [0.5, 0.6) is 0 Å². The number of ether oxygens (including phenoxy) is 1. The van der Waals surface area contributed by atoms with Crippen LogP contribution in [0.4, 0.5) is 10.1 Å². The van der Waals surface area contributed by atoms with E-state index in [0.29, 0.717) is 4.47 Å². The summed E-state index contributed by atoms with van der Waals surface area (Å²) in [4.78, 5) is 11.9. The second kappa shape index (κ2) is 6.37. The van der Waals surface area contributed by atoms with Gasteiger partial charge in [-0.3, -0.25) is 0 Å². The lowest BCUT2D eigenvalue weighted by atomic mass is 10.2. The van der Waals surface area contributed by atoms with Crippen molar-refractivity contribution in [2.45, 2.75) is 6.61 Å². The molecule has 0 aliphatic heterocycles. The van der Waals surface area contributed by atoms with Crippen LogP contribution in [0.15, 0.2) is 45.3 Å². The van der Waals surface area contributed by atoms with Gasteiger partial charge < -0.3 is 10.5 Å². The summed E-state index contributed by atoms with van der Waals surface area (Å²) in [6.07, 6.45) is 0. The molecule has 6 heteroatoms. The van der Waals surface area contributed by atoms with E-state index in [-0.39, 0.29) is 17.9 Å². The SMILES string of the molecule is Nc1cc(C(=O)OCc2ccc(Br)cc2)c(Br)cc1F. The van der Waals surface area contributed by atoms with Crippen LogP contribution in [0.25, 0.3) is 0 Å². The van der Waals surface area contributed by atoms with Gasteiger partial charge in [-0.1, -0.05) is 28.1 Å². The van der Waals surface area contributed by atoms with Gasteiger partial charge in [0.05, 0.1) is 11.3 Å². The fourth-order valence-electron chi connectivity index (χ4n) is 1.53. The summed E-state index contributed by atoms with van der Waals surface area (Å²) in [5, 5.41) is 0. The number of nitrogen functional groups attached to an aromatic ring is 1. The van der Waals surface area contributed by atoms with Gasteiger partial charge in [0.15, 0.2) is 0 Å². The second-order valence-corrected chi connectivity index (χ2v) is 5.83. The third-order valence-corrected chi connectivity index (χ3v) is 3.77. The van der Waals surface area contributed by atoms with E-state index in [1.54, 1.807) is 0 Å². The Morgan fingerprint density at radius 2 is 1.85 bits per heavy atom. The molecule has 2 rings (SSSR count). The van der Waals surface area contributed by atoms with Crippen molar-refractivity contribution in [3.05, 3.63) is 62.3 Å². The van der Waals surface area contributed by atoms with Crippen LogP contribution in [0.1, 0.15) is 15.9 Å². The van der Waals surface area contributed by atoms with Crippen molar-refractivity contribution in [2.75, 3.05) is 5.73 Å². The van der Waals surface area contributed by atoms with Crippen LogP contribution in [-0.4, -0.2) is 5.97 Å². The minimum absolute atomic E-state index is 0.0937.